The van der Waals surface area contributed by atoms with Crippen molar-refractivity contribution in [2.75, 3.05) is 6.61 Å². The minimum absolute atomic E-state index is 0.171. The first-order valence-corrected chi connectivity index (χ1v) is 7.21. The van der Waals surface area contributed by atoms with Crippen LogP contribution >= 0.6 is 0 Å². The van der Waals surface area contributed by atoms with Gasteiger partial charge in [-0.25, -0.2) is 4.79 Å². The average molecular weight is 328 g/mol. The Morgan fingerprint density at radius 2 is 1.83 bits per heavy atom. The number of hydrogen-bond donors (Lipinski definition) is 1. The number of nitro benzene ring substituents is 1. The van der Waals surface area contributed by atoms with Crippen LogP contribution in [0.4, 0.5) is 5.69 Å². The molecule has 0 bridgehead atoms. The molecule has 2 rings (SSSR count). The van der Waals surface area contributed by atoms with E-state index in [-0.39, 0.29) is 11.3 Å². The van der Waals surface area contributed by atoms with Gasteiger partial charge in [0.1, 0.15) is 5.56 Å². The van der Waals surface area contributed by atoms with Gasteiger partial charge in [0.25, 0.3) is 11.6 Å². The second kappa shape index (κ2) is 7.87. The van der Waals surface area contributed by atoms with Gasteiger partial charge in [0.05, 0.1) is 4.92 Å². The summed E-state index contributed by atoms with van der Waals surface area (Å²) in [6, 6.07) is 13.6. The lowest BCUT2D eigenvalue weighted by atomic mass is 10.1. The maximum absolute atomic E-state index is 12.0. The third-order valence-electron chi connectivity index (χ3n) is 3.31. The molecule has 124 valence electrons. The quantitative estimate of drug-likeness (QED) is 0.499. The van der Waals surface area contributed by atoms with Crippen molar-refractivity contribution in [1.82, 2.24) is 5.32 Å². The smallest absolute Gasteiger partial charge is 0.345 e. The van der Waals surface area contributed by atoms with Crippen LogP contribution in [0.2, 0.25) is 0 Å². The number of amides is 1. The second-order valence-electron chi connectivity index (χ2n) is 5.07. The summed E-state index contributed by atoms with van der Waals surface area (Å²) in [6.07, 6.45) is 0. The molecular formula is C17H16N2O5. The number of carbonyl (C=O) groups is 2. The van der Waals surface area contributed by atoms with Crippen LogP contribution < -0.4 is 5.32 Å². The van der Waals surface area contributed by atoms with Crippen LogP contribution in [-0.4, -0.2) is 23.4 Å². The summed E-state index contributed by atoms with van der Waals surface area (Å²) in [5, 5.41) is 13.7. The minimum atomic E-state index is -0.903. The predicted molar refractivity (Wildman–Crippen MR) is 86.4 cm³/mol. The molecule has 0 saturated carbocycles. The van der Waals surface area contributed by atoms with E-state index in [2.05, 4.69) is 5.32 Å². The first-order valence-electron chi connectivity index (χ1n) is 7.21. The number of esters is 1. The van der Waals surface area contributed by atoms with Crippen molar-refractivity contribution in [2.24, 2.45) is 0 Å². The number of nitrogens with zero attached hydrogens (tertiary/aromatic N) is 1. The van der Waals surface area contributed by atoms with Gasteiger partial charge in [0, 0.05) is 12.1 Å². The van der Waals surface area contributed by atoms with Crippen molar-refractivity contribution in [2.45, 2.75) is 13.5 Å². The lowest BCUT2D eigenvalue weighted by Gasteiger charge is -2.08. The number of rotatable bonds is 6. The molecule has 0 atom stereocenters. The van der Waals surface area contributed by atoms with E-state index in [0.29, 0.717) is 12.1 Å². The topological polar surface area (TPSA) is 98.5 Å². The fourth-order valence-corrected chi connectivity index (χ4v) is 2.12. The summed E-state index contributed by atoms with van der Waals surface area (Å²) in [7, 11) is 0. The van der Waals surface area contributed by atoms with Gasteiger partial charge in [0.2, 0.25) is 0 Å². The highest BCUT2D eigenvalue weighted by molar-refractivity contribution is 5.95. The van der Waals surface area contributed by atoms with E-state index >= 15 is 0 Å². The van der Waals surface area contributed by atoms with Crippen molar-refractivity contribution in [3.8, 4) is 0 Å². The zero-order valence-electron chi connectivity index (χ0n) is 13.0. The number of ether oxygens (including phenoxy) is 1. The second-order valence-corrected chi connectivity index (χ2v) is 5.07. The van der Waals surface area contributed by atoms with E-state index in [4.69, 9.17) is 4.74 Å². The van der Waals surface area contributed by atoms with E-state index < -0.39 is 23.4 Å². The zero-order valence-corrected chi connectivity index (χ0v) is 13.0. The summed E-state index contributed by atoms with van der Waals surface area (Å²) in [5.41, 5.74) is 0.775. The molecule has 0 aromatic heterocycles. The third kappa shape index (κ3) is 4.39. The molecular weight excluding hydrogens is 312 g/mol. The Bertz CT molecular complexity index is 759. The van der Waals surface area contributed by atoms with Crippen LogP contribution in [-0.2, 0) is 16.1 Å². The Morgan fingerprint density at radius 3 is 2.50 bits per heavy atom. The number of carbonyl (C=O) groups excluding carboxylic acids is 2. The molecule has 0 radical (unpaired) electrons. The highest BCUT2D eigenvalue weighted by Gasteiger charge is 2.24. The number of benzene rings is 2. The summed E-state index contributed by atoms with van der Waals surface area (Å²) < 4.78 is 4.87. The summed E-state index contributed by atoms with van der Waals surface area (Å²) >= 11 is 0. The Morgan fingerprint density at radius 1 is 1.12 bits per heavy atom. The first-order chi connectivity index (χ1) is 11.5. The summed E-state index contributed by atoms with van der Waals surface area (Å²) in [6.45, 7) is 1.33. The molecule has 1 amide bonds. The Kier molecular flexibility index (Phi) is 5.62. The molecule has 0 aliphatic carbocycles. The van der Waals surface area contributed by atoms with Crippen molar-refractivity contribution in [3.05, 3.63) is 75.3 Å². The molecule has 0 fully saturated rings. The van der Waals surface area contributed by atoms with Crippen LogP contribution in [0.15, 0.2) is 48.5 Å². The van der Waals surface area contributed by atoms with Crippen molar-refractivity contribution in [3.63, 3.8) is 0 Å². The molecule has 0 heterocycles. The van der Waals surface area contributed by atoms with Gasteiger partial charge in [0.15, 0.2) is 6.61 Å². The number of aryl methyl sites for hydroxylation is 1. The molecule has 7 heteroatoms. The Hall–Kier alpha value is -3.22. The minimum Gasteiger partial charge on any atom is -0.452 e. The lowest BCUT2D eigenvalue weighted by Crippen LogP contribution is -2.28. The third-order valence-corrected chi connectivity index (χ3v) is 3.31. The van der Waals surface area contributed by atoms with Crippen LogP contribution in [0, 0.1) is 17.0 Å². The van der Waals surface area contributed by atoms with Gasteiger partial charge in [-0.3, -0.25) is 14.9 Å². The summed E-state index contributed by atoms with van der Waals surface area (Å²) in [4.78, 5) is 34.1. The van der Waals surface area contributed by atoms with Crippen molar-refractivity contribution >= 4 is 17.6 Å². The molecule has 2 aromatic carbocycles. The monoisotopic (exact) mass is 328 g/mol. The first kappa shape index (κ1) is 17.1. The lowest BCUT2D eigenvalue weighted by molar-refractivity contribution is -0.385. The predicted octanol–water partition coefficient (Wildman–Crippen LogP) is 2.38. The molecule has 7 nitrogen and oxygen atoms in total. The standard InChI is InChI=1S/C17H16N2O5/c1-12-6-5-9-14(16(12)19(22)23)17(21)24-11-15(20)18-10-13-7-3-2-4-8-13/h2-9H,10-11H2,1H3,(H,18,20). The van der Waals surface area contributed by atoms with Gasteiger partial charge < -0.3 is 10.1 Å². The molecule has 0 aliphatic heterocycles. The number of nitrogens with one attached hydrogen (secondary N) is 1. The van der Waals surface area contributed by atoms with Crippen LogP contribution in [0.1, 0.15) is 21.5 Å². The highest BCUT2D eigenvalue weighted by atomic mass is 16.6. The fraction of sp³-hybridized carbons (Fsp3) is 0.176. The van der Waals surface area contributed by atoms with Gasteiger partial charge in [-0.2, -0.15) is 0 Å². The molecule has 1 N–H and O–H groups in total. The van der Waals surface area contributed by atoms with Gasteiger partial charge >= 0.3 is 5.97 Å². The van der Waals surface area contributed by atoms with Crippen LogP contribution in [0.3, 0.4) is 0 Å². The van der Waals surface area contributed by atoms with E-state index in [0.717, 1.165) is 5.56 Å². The normalized spacial score (nSPS) is 10.0. The van der Waals surface area contributed by atoms with Crippen molar-refractivity contribution < 1.29 is 19.2 Å². The SMILES string of the molecule is Cc1cccc(C(=O)OCC(=O)NCc2ccccc2)c1[N+](=O)[O-]. The molecule has 0 aliphatic rings. The van der Waals surface area contributed by atoms with Crippen LogP contribution in [0.25, 0.3) is 0 Å². The Labute approximate surface area is 138 Å². The van der Waals surface area contributed by atoms with E-state index in [1.54, 1.807) is 0 Å². The van der Waals surface area contributed by atoms with E-state index in [1.165, 1.54) is 25.1 Å². The molecule has 0 saturated heterocycles. The van der Waals surface area contributed by atoms with E-state index in [9.17, 15) is 19.7 Å². The molecule has 0 unspecified atom stereocenters. The number of para-hydroxylation sites is 1. The highest BCUT2D eigenvalue weighted by Crippen LogP contribution is 2.23. The fourth-order valence-electron chi connectivity index (χ4n) is 2.12. The van der Waals surface area contributed by atoms with Crippen LogP contribution in [0.5, 0.6) is 0 Å². The number of nitro groups is 1. The maximum atomic E-state index is 12.0. The van der Waals surface area contributed by atoms with Gasteiger partial charge in [-0.1, -0.05) is 42.5 Å². The van der Waals surface area contributed by atoms with Crippen molar-refractivity contribution in [1.29, 1.82) is 0 Å². The molecule has 2 aromatic rings. The molecule has 0 spiro atoms. The van der Waals surface area contributed by atoms with Gasteiger partial charge in [-0.15, -0.1) is 0 Å². The average Bonchev–Trinajstić information content (AvgIpc) is 2.58. The van der Waals surface area contributed by atoms with E-state index in [1.807, 2.05) is 30.3 Å². The molecule has 24 heavy (non-hydrogen) atoms. The largest absolute Gasteiger partial charge is 0.452 e. The maximum Gasteiger partial charge on any atom is 0.345 e. The van der Waals surface area contributed by atoms with Gasteiger partial charge in [-0.05, 0) is 18.6 Å². The zero-order chi connectivity index (χ0) is 17.5. The summed E-state index contributed by atoms with van der Waals surface area (Å²) in [5.74, 6) is -1.39. The number of hydrogen-bond acceptors (Lipinski definition) is 5. The Balaban J connectivity index is 1.92.